The summed E-state index contributed by atoms with van der Waals surface area (Å²) in [5, 5.41) is 15.1. The highest BCUT2D eigenvalue weighted by Gasteiger charge is 2.21. The summed E-state index contributed by atoms with van der Waals surface area (Å²) in [6.45, 7) is 3.06. The van der Waals surface area contributed by atoms with Gasteiger partial charge >= 0.3 is 0 Å². The molecule has 138 valence electrons. The maximum Gasteiger partial charge on any atom is 0.229 e. The van der Waals surface area contributed by atoms with Crippen LogP contribution in [0.1, 0.15) is 42.5 Å². The largest absolute Gasteiger partial charge is 0.385 e. The summed E-state index contributed by atoms with van der Waals surface area (Å²) in [7, 11) is 1.61. The maximum atomic E-state index is 7.74. The Labute approximate surface area is 147 Å². The lowest BCUT2D eigenvalue weighted by atomic mass is 9.98. The van der Waals surface area contributed by atoms with E-state index in [-0.39, 0.29) is 0 Å². The summed E-state index contributed by atoms with van der Waals surface area (Å²) in [6, 6.07) is 3.95. The van der Waals surface area contributed by atoms with Crippen molar-refractivity contribution in [3.63, 3.8) is 0 Å². The monoisotopic (exact) mass is 350 g/mol. The van der Waals surface area contributed by atoms with Crippen molar-refractivity contribution in [3.8, 4) is 0 Å². The number of methoxy groups -OCH3 is 1. The zero-order chi connectivity index (χ0) is 17.7. The summed E-state index contributed by atoms with van der Waals surface area (Å²) in [5.74, 6) is 1.97. The normalized spacial score (nSPS) is 14.8. The Morgan fingerprint density at radius 3 is 2.68 bits per heavy atom. The van der Waals surface area contributed by atoms with E-state index in [2.05, 4.69) is 30.1 Å². The molecule has 0 aromatic carbocycles. The van der Waals surface area contributed by atoms with Gasteiger partial charge in [0.25, 0.3) is 0 Å². The van der Waals surface area contributed by atoms with E-state index in [1.54, 1.807) is 19.5 Å². The molecule has 1 aliphatic rings. The van der Waals surface area contributed by atoms with Crippen molar-refractivity contribution in [2.45, 2.75) is 31.6 Å². The van der Waals surface area contributed by atoms with Gasteiger partial charge < -0.3 is 14.6 Å². The molecular formula is C17H26N4O4. The van der Waals surface area contributed by atoms with Crippen LogP contribution in [0.4, 0.5) is 0 Å². The van der Waals surface area contributed by atoms with Crippen molar-refractivity contribution >= 4 is 0 Å². The molecule has 2 aromatic heterocycles. The molecule has 0 atom stereocenters. The Balaban J connectivity index is 0.000000277. The minimum Gasteiger partial charge on any atom is -0.385 e. The number of piperidine rings is 1. The molecule has 25 heavy (non-hydrogen) atoms. The average molecular weight is 350 g/mol. The number of nitrogens with zero attached hydrogens (tertiary/aromatic N) is 3. The Bertz CT molecular complexity index is 569. The van der Waals surface area contributed by atoms with Crippen molar-refractivity contribution in [2.75, 3.05) is 33.4 Å². The van der Waals surface area contributed by atoms with Crippen molar-refractivity contribution in [1.82, 2.24) is 20.4 Å². The third kappa shape index (κ3) is 7.27. The van der Waals surface area contributed by atoms with Crippen LogP contribution >= 0.6 is 0 Å². The first-order valence-electron chi connectivity index (χ1n) is 8.51. The zero-order valence-electron chi connectivity index (χ0n) is 14.6. The highest BCUT2D eigenvalue weighted by molar-refractivity contribution is 5.15. The van der Waals surface area contributed by atoms with Gasteiger partial charge in [0.2, 0.25) is 5.89 Å². The van der Waals surface area contributed by atoms with Crippen LogP contribution in [0.2, 0.25) is 0 Å². The van der Waals surface area contributed by atoms with E-state index in [0.717, 1.165) is 49.6 Å². The molecule has 0 saturated carbocycles. The van der Waals surface area contributed by atoms with E-state index in [4.69, 9.17) is 9.78 Å². The van der Waals surface area contributed by atoms with Crippen LogP contribution in [0.15, 0.2) is 29.0 Å². The Hall–Kier alpha value is -1.87. The van der Waals surface area contributed by atoms with Crippen molar-refractivity contribution in [3.05, 3.63) is 41.8 Å². The van der Waals surface area contributed by atoms with Gasteiger partial charge in [-0.3, -0.25) is 10.2 Å². The number of pyridine rings is 1. The molecule has 0 unspecified atom stereocenters. The number of rotatable bonds is 7. The Kier molecular flexibility index (Phi) is 9.06. The smallest absolute Gasteiger partial charge is 0.229 e. The minimum atomic E-state index is 0.355. The van der Waals surface area contributed by atoms with E-state index in [1.807, 2.05) is 12.1 Å². The van der Waals surface area contributed by atoms with Gasteiger partial charge in [0.1, 0.15) is 0 Å². The van der Waals surface area contributed by atoms with Crippen LogP contribution in [-0.4, -0.2) is 53.8 Å². The lowest BCUT2D eigenvalue weighted by Crippen LogP contribution is -2.26. The predicted molar refractivity (Wildman–Crippen MR) is 91.3 cm³/mol. The molecule has 8 nitrogen and oxygen atoms in total. The molecule has 1 saturated heterocycles. The van der Waals surface area contributed by atoms with Crippen LogP contribution in [0.25, 0.3) is 0 Å². The van der Waals surface area contributed by atoms with Crippen LogP contribution < -0.4 is 5.32 Å². The number of hydrogen-bond acceptors (Lipinski definition) is 8. The van der Waals surface area contributed by atoms with Gasteiger partial charge in [0.15, 0.2) is 5.82 Å². The van der Waals surface area contributed by atoms with Gasteiger partial charge in [-0.2, -0.15) is 4.98 Å². The van der Waals surface area contributed by atoms with Gasteiger partial charge in [0, 0.05) is 38.4 Å². The van der Waals surface area contributed by atoms with Gasteiger partial charge in [-0.05, 0) is 50.0 Å². The van der Waals surface area contributed by atoms with Gasteiger partial charge in [0.05, 0.1) is 6.61 Å². The van der Waals surface area contributed by atoms with Crippen molar-refractivity contribution < 1.29 is 19.4 Å². The first-order chi connectivity index (χ1) is 12.3. The second-order valence-electron chi connectivity index (χ2n) is 5.78. The molecule has 0 bridgehead atoms. The van der Waals surface area contributed by atoms with Crippen LogP contribution in [-0.2, 0) is 16.0 Å². The third-order valence-corrected chi connectivity index (χ3v) is 3.87. The quantitative estimate of drug-likeness (QED) is 0.444. The van der Waals surface area contributed by atoms with Crippen molar-refractivity contribution in [2.24, 2.45) is 0 Å². The van der Waals surface area contributed by atoms with E-state index in [0.29, 0.717) is 25.6 Å². The molecule has 2 N–H and O–H groups in total. The topological polar surface area (TPSA) is 103 Å². The van der Waals surface area contributed by atoms with E-state index >= 15 is 0 Å². The molecule has 3 heterocycles. The molecular weight excluding hydrogens is 324 g/mol. The van der Waals surface area contributed by atoms with Crippen LogP contribution in [0.5, 0.6) is 0 Å². The fraction of sp³-hybridized carbons (Fsp3) is 0.588. The predicted octanol–water partition coefficient (Wildman–Crippen LogP) is 2.03. The molecule has 3 rings (SSSR count). The summed E-state index contributed by atoms with van der Waals surface area (Å²) < 4.78 is 10.0. The summed E-state index contributed by atoms with van der Waals surface area (Å²) in [4.78, 5) is 12.3. The first kappa shape index (κ1) is 19.5. The van der Waals surface area contributed by atoms with Crippen LogP contribution in [0, 0.1) is 0 Å². The standard InChI is InChI=1S/C13H16N4O.C4H10O3/c1-5-14-6-2-10(1)9-12-16-13(18-17-12)11-3-7-15-8-4-11;1-6-3-2-4-7-5/h1-2,5-6,11,15H,3-4,7-9H2;5H,2-4H2,1H3. The van der Waals surface area contributed by atoms with Gasteiger partial charge in [-0.15, -0.1) is 0 Å². The van der Waals surface area contributed by atoms with E-state index < -0.39 is 0 Å². The average Bonchev–Trinajstić information content (AvgIpc) is 3.13. The first-order valence-corrected chi connectivity index (χ1v) is 8.51. The third-order valence-electron chi connectivity index (χ3n) is 3.87. The fourth-order valence-corrected chi connectivity index (χ4v) is 2.53. The second-order valence-corrected chi connectivity index (χ2v) is 5.78. The highest BCUT2D eigenvalue weighted by atomic mass is 17.1. The van der Waals surface area contributed by atoms with Gasteiger partial charge in [-0.1, -0.05) is 5.16 Å². The molecule has 1 fully saturated rings. The molecule has 8 heteroatoms. The number of aromatic nitrogens is 3. The SMILES string of the molecule is COCCCOO.c1cc(Cc2noc(C3CCNCC3)n2)ccn1. The van der Waals surface area contributed by atoms with E-state index in [9.17, 15) is 0 Å². The maximum absolute atomic E-state index is 7.74. The van der Waals surface area contributed by atoms with Crippen LogP contribution in [0.3, 0.4) is 0 Å². The van der Waals surface area contributed by atoms with E-state index in [1.165, 1.54) is 0 Å². The molecule has 0 aliphatic carbocycles. The Morgan fingerprint density at radius 1 is 1.24 bits per heavy atom. The minimum absolute atomic E-state index is 0.355. The summed E-state index contributed by atoms with van der Waals surface area (Å²) >= 11 is 0. The Morgan fingerprint density at radius 2 is 2.00 bits per heavy atom. The lowest BCUT2D eigenvalue weighted by molar-refractivity contribution is -0.243. The molecule has 2 aromatic rings. The number of hydrogen-bond donors (Lipinski definition) is 2. The highest BCUT2D eigenvalue weighted by Crippen LogP contribution is 2.23. The number of nitrogens with one attached hydrogen (secondary N) is 1. The molecule has 0 amide bonds. The summed E-state index contributed by atoms with van der Waals surface area (Å²) in [5.41, 5.74) is 1.16. The molecule has 0 radical (unpaired) electrons. The second kappa shape index (κ2) is 11.6. The fourth-order valence-electron chi connectivity index (χ4n) is 2.53. The van der Waals surface area contributed by atoms with Crippen molar-refractivity contribution in [1.29, 1.82) is 0 Å². The molecule has 1 aliphatic heterocycles. The lowest BCUT2D eigenvalue weighted by Gasteiger charge is -2.18. The summed E-state index contributed by atoms with van der Waals surface area (Å²) in [6.07, 6.45) is 7.17. The zero-order valence-corrected chi connectivity index (χ0v) is 14.6. The molecule has 0 spiro atoms. The number of ether oxygens (including phenoxy) is 1. The van der Waals surface area contributed by atoms with Gasteiger partial charge in [-0.25, -0.2) is 4.89 Å².